The van der Waals surface area contributed by atoms with Crippen molar-refractivity contribution in [2.75, 3.05) is 0 Å². The van der Waals surface area contributed by atoms with E-state index in [2.05, 4.69) is 20.4 Å². The fourth-order valence-electron chi connectivity index (χ4n) is 2.63. The van der Waals surface area contributed by atoms with Crippen LogP contribution < -0.4 is 5.32 Å². The van der Waals surface area contributed by atoms with E-state index in [1.807, 2.05) is 6.08 Å². The fourth-order valence-corrected chi connectivity index (χ4v) is 2.81. The molecular weight excluding hydrogens is 371 g/mol. The maximum atomic E-state index is 13.4. The molecule has 4 rings (SSSR count). The van der Waals surface area contributed by atoms with Gasteiger partial charge in [0.25, 0.3) is 5.91 Å². The van der Waals surface area contributed by atoms with E-state index in [1.54, 1.807) is 31.2 Å². The van der Waals surface area contributed by atoms with Crippen molar-refractivity contribution in [3.63, 3.8) is 0 Å². The number of pyridine rings is 1. The molecule has 2 heterocycles. The quantitative estimate of drug-likeness (QED) is 0.671. The Labute approximate surface area is 159 Å². The molecule has 0 bridgehead atoms. The number of amides is 1. The topological polar surface area (TPSA) is 80.9 Å². The van der Waals surface area contributed by atoms with Gasteiger partial charge in [0, 0.05) is 12.5 Å². The van der Waals surface area contributed by atoms with Gasteiger partial charge in [-0.1, -0.05) is 28.9 Å². The van der Waals surface area contributed by atoms with E-state index in [0.717, 1.165) is 12.0 Å². The third kappa shape index (κ3) is 3.73. The maximum absolute atomic E-state index is 13.4. The number of allylic oxidation sites excluding steroid dienone is 1. The van der Waals surface area contributed by atoms with E-state index in [-0.39, 0.29) is 16.6 Å². The van der Waals surface area contributed by atoms with Gasteiger partial charge in [-0.05, 0) is 42.3 Å². The molecule has 0 fully saturated rings. The highest BCUT2D eigenvalue weighted by atomic mass is 35.5. The van der Waals surface area contributed by atoms with Crippen LogP contribution in [0.2, 0.25) is 5.02 Å². The molecule has 2 aromatic heterocycles. The van der Waals surface area contributed by atoms with Gasteiger partial charge in [-0.15, -0.1) is 0 Å². The molecule has 3 aromatic rings. The minimum absolute atomic E-state index is 0.00244. The van der Waals surface area contributed by atoms with Crippen LogP contribution >= 0.6 is 11.6 Å². The maximum Gasteiger partial charge on any atom is 0.270 e. The molecule has 0 aliphatic heterocycles. The van der Waals surface area contributed by atoms with Crippen molar-refractivity contribution in [2.24, 2.45) is 0 Å². The zero-order valence-electron chi connectivity index (χ0n) is 14.2. The molecule has 1 aliphatic carbocycles. The Bertz CT molecular complexity index is 1060. The average Bonchev–Trinajstić information content (AvgIpc) is 3.42. The Balaban J connectivity index is 1.58. The van der Waals surface area contributed by atoms with Gasteiger partial charge in [-0.25, -0.2) is 9.37 Å². The Kier molecular flexibility index (Phi) is 4.45. The normalized spacial score (nSPS) is 13.8. The van der Waals surface area contributed by atoms with Crippen molar-refractivity contribution in [3.05, 3.63) is 76.3 Å². The molecule has 1 aliphatic rings. The molecule has 8 heteroatoms. The van der Waals surface area contributed by atoms with Crippen LogP contribution in [0, 0.1) is 12.7 Å². The van der Waals surface area contributed by atoms with E-state index in [0.29, 0.717) is 23.0 Å². The standard InChI is InChI=1S/C19H14ClFN4O2/c1-10-22-18(25-27-10)17(11-5-6-11)24-19(26)16-4-2-3-15(23-16)12-7-8-14(21)13(20)9-12/h2-5,7-9,17H,6H2,1H3,(H,24,26). The largest absolute Gasteiger partial charge is 0.340 e. The zero-order valence-corrected chi connectivity index (χ0v) is 15.0. The van der Waals surface area contributed by atoms with Crippen molar-refractivity contribution >= 4 is 17.5 Å². The summed E-state index contributed by atoms with van der Waals surface area (Å²) in [6.07, 6.45) is 2.78. The summed E-state index contributed by atoms with van der Waals surface area (Å²) in [7, 11) is 0. The zero-order chi connectivity index (χ0) is 19.0. The molecule has 1 amide bonds. The number of halogens is 2. The first kappa shape index (κ1) is 17.4. The molecule has 6 nitrogen and oxygen atoms in total. The van der Waals surface area contributed by atoms with Crippen molar-refractivity contribution in [3.8, 4) is 11.3 Å². The summed E-state index contributed by atoms with van der Waals surface area (Å²) in [5, 5.41) is 6.78. The Morgan fingerprint density at radius 1 is 1.30 bits per heavy atom. The summed E-state index contributed by atoms with van der Waals surface area (Å²) in [5.41, 5.74) is 2.37. The first-order valence-corrected chi connectivity index (χ1v) is 8.61. The Morgan fingerprint density at radius 3 is 2.78 bits per heavy atom. The molecule has 1 N–H and O–H groups in total. The second kappa shape index (κ2) is 6.92. The molecule has 27 heavy (non-hydrogen) atoms. The summed E-state index contributed by atoms with van der Waals surface area (Å²) in [6, 6.07) is 8.89. The van der Waals surface area contributed by atoms with Crippen molar-refractivity contribution in [1.82, 2.24) is 20.4 Å². The fraction of sp³-hybridized carbons (Fsp3) is 0.158. The summed E-state index contributed by atoms with van der Waals surface area (Å²) >= 11 is 5.84. The van der Waals surface area contributed by atoms with Gasteiger partial charge in [0.15, 0.2) is 5.82 Å². The Morgan fingerprint density at radius 2 is 2.11 bits per heavy atom. The lowest BCUT2D eigenvalue weighted by atomic mass is 10.1. The lowest BCUT2D eigenvalue weighted by Crippen LogP contribution is -2.29. The van der Waals surface area contributed by atoms with Crippen molar-refractivity contribution in [1.29, 1.82) is 0 Å². The lowest BCUT2D eigenvalue weighted by Gasteiger charge is -2.13. The Hall–Kier alpha value is -3.06. The average molecular weight is 385 g/mol. The van der Waals surface area contributed by atoms with Crippen LogP contribution in [0.4, 0.5) is 4.39 Å². The minimum Gasteiger partial charge on any atom is -0.340 e. The smallest absolute Gasteiger partial charge is 0.270 e. The third-order valence-corrected chi connectivity index (χ3v) is 4.37. The molecule has 0 radical (unpaired) electrons. The second-order valence-corrected chi connectivity index (χ2v) is 6.51. The van der Waals surface area contributed by atoms with Gasteiger partial charge in [0.05, 0.1) is 10.7 Å². The summed E-state index contributed by atoms with van der Waals surface area (Å²) < 4.78 is 18.4. The van der Waals surface area contributed by atoms with E-state index < -0.39 is 11.9 Å². The molecule has 0 saturated heterocycles. The van der Waals surface area contributed by atoms with Gasteiger partial charge in [-0.2, -0.15) is 4.98 Å². The van der Waals surface area contributed by atoms with Gasteiger partial charge in [-0.3, -0.25) is 4.79 Å². The monoisotopic (exact) mass is 384 g/mol. The predicted molar refractivity (Wildman–Crippen MR) is 96.6 cm³/mol. The first-order chi connectivity index (χ1) is 13.0. The van der Waals surface area contributed by atoms with Crippen molar-refractivity contribution in [2.45, 2.75) is 19.4 Å². The number of hydrogen-bond donors (Lipinski definition) is 1. The number of nitrogens with one attached hydrogen (secondary N) is 1. The van der Waals surface area contributed by atoms with Gasteiger partial charge >= 0.3 is 0 Å². The van der Waals surface area contributed by atoms with Gasteiger partial charge in [0.1, 0.15) is 17.6 Å². The molecule has 0 spiro atoms. The summed E-state index contributed by atoms with van der Waals surface area (Å²) in [5.74, 6) is -0.0412. The number of aromatic nitrogens is 3. The first-order valence-electron chi connectivity index (χ1n) is 8.24. The van der Waals surface area contributed by atoms with E-state index >= 15 is 0 Å². The molecule has 0 saturated carbocycles. The van der Waals surface area contributed by atoms with Crippen LogP contribution in [-0.2, 0) is 0 Å². The number of hydrogen-bond acceptors (Lipinski definition) is 5. The van der Waals surface area contributed by atoms with Crippen LogP contribution in [-0.4, -0.2) is 21.0 Å². The molecule has 136 valence electrons. The van der Waals surface area contributed by atoms with Crippen LogP contribution in [0.5, 0.6) is 0 Å². The highest BCUT2D eigenvalue weighted by Crippen LogP contribution is 2.32. The third-order valence-electron chi connectivity index (χ3n) is 4.08. The van der Waals surface area contributed by atoms with Crippen LogP contribution in [0.3, 0.4) is 0 Å². The SMILES string of the molecule is Cc1nc(C(NC(=O)c2cccc(-c3ccc(F)c(Cl)c3)n2)C2=CC2)no1. The van der Waals surface area contributed by atoms with Crippen LogP contribution in [0.15, 0.2) is 52.6 Å². The van der Waals surface area contributed by atoms with E-state index in [4.69, 9.17) is 16.1 Å². The predicted octanol–water partition coefficient (Wildman–Crippen LogP) is 4.03. The van der Waals surface area contributed by atoms with Crippen LogP contribution in [0.25, 0.3) is 11.3 Å². The highest BCUT2D eigenvalue weighted by molar-refractivity contribution is 6.31. The van der Waals surface area contributed by atoms with Crippen molar-refractivity contribution < 1.29 is 13.7 Å². The molecule has 1 aromatic carbocycles. The van der Waals surface area contributed by atoms with Crippen LogP contribution in [0.1, 0.15) is 34.7 Å². The molecular formula is C19H14ClFN4O2. The van der Waals surface area contributed by atoms with E-state index in [9.17, 15) is 9.18 Å². The number of carbonyl (C=O) groups is 1. The molecule has 1 atom stereocenters. The number of rotatable bonds is 5. The second-order valence-electron chi connectivity index (χ2n) is 6.10. The van der Waals surface area contributed by atoms with E-state index in [1.165, 1.54) is 12.1 Å². The number of benzene rings is 1. The highest BCUT2D eigenvalue weighted by Gasteiger charge is 2.28. The lowest BCUT2D eigenvalue weighted by molar-refractivity contribution is 0.0936. The number of aryl methyl sites for hydroxylation is 1. The summed E-state index contributed by atoms with van der Waals surface area (Å²) in [6.45, 7) is 1.69. The minimum atomic E-state index is -0.509. The number of nitrogens with zero attached hydrogens (tertiary/aromatic N) is 3. The van der Waals surface area contributed by atoms with Gasteiger partial charge in [0.2, 0.25) is 5.89 Å². The van der Waals surface area contributed by atoms with Gasteiger partial charge < -0.3 is 9.84 Å². The number of carbonyl (C=O) groups excluding carboxylic acids is 1. The summed E-state index contributed by atoms with van der Waals surface area (Å²) in [4.78, 5) is 21.3. The molecule has 1 unspecified atom stereocenters.